The van der Waals surface area contributed by atoms with Crippen molar-refractivity contribution in [2.75, 3.05) is 26.0 Å². The third kappa shape index (κ3) is 3.59. The van der Waals surface area contributed by atoms with E-state index < -0.39 is 0 Å². The summed E-state index contributed by atoms with van der Waals surface area (Å²) in [6.45, 7) is 6.82. The quantitative estimate of drug-likeness (QED) is 0.752. The summed E-state index contributed by atoms with van der Waals surface area (Å²) in [4.78, 5) is 6.78. The van der Waals surface area contributed by atoms with Crippen molar-refractivity contribution in [3.8, 4) is 6.07 Å². The van der Waals surface area contributed by atoms with Crippen LogP contribution in [-0.4, -0.2) is 47.2 Å². The van der Waals surface area contributed by atoms with Gasteiger partial charge < -0.3 is 4.90 Å². The second-order valence-electron chi connectivity index (χ2n) is 5.39. The number of rotatable bonds is 3. The van der Waals surface area contributed by atoms with Gasteiger partial charge in [-0.15, -0.1) is 11.8 Å². The Hall–Kier alpha value is -1.48. The topological polar surface area (TPSA) is 55.0 Å². The Kier molecular flexibility index (Phi) is 5.68. The minimum atomic E-state index is 0.499. The molecule has 0 aromatic carbocycles. The maximum absolute atomic E-state index is 9.58. The number of piperidine rings is 1. The highest BCUT2D eigenvalue weighted by Crippen LogP contribution is 2.28. The second kappa shape index (κ2) is 7.51. The Morgan fingerprint density at radius 3 is 2.76 bits per heavy atom. The van der Waals surface area contributed by atoms with Gasteiger partial charge >= 0.3 is 0 Å². The lowest BCUT2D eigenvalue weighted by molar-refractivity contribution is 0.166. The van der Waals surface area contributed by atoms with E-state index in [1.54, 1.807) is 0 Å². The van der Waals surface area contributed by atoms with Crippen LogP contribution in [-0.2, 0) is 0 Å². The predicted molar refractivity (Wildman–Crippen MR) is 89.0 cm³/mol. The average Bonchev–Trinajstić information content (AvgIpc) is 2.52. The summed E-state index contributed by atoms with van der Waals surface area (Å²) in [7, 11) is 0. The molecule has 21 heavy (non-hydrogen) atoms. The minimum absolute atomic E-state index is 0.499. The molecule has 0 amide bonds. The summed E-state index contributed by atoms with van der Waals surface area (Å²) in [5.74, 6) is 1.70. The molecular weight excluding hydrogens is 282 g/mol. The molecule has 114 valence electrons. The van der Waals surface area contributed by atoms with Crippen molar-refractivity contribution < 1.29 is 0 Å². The summed E-state index contributed by atoms with van der Waals surface area (Å²) in [6, 6.07) is 2.34. The first-order chi connectivity index (χ1) is 10.2. The lowest BCUT2D eigenvalue weighted by Gasteiger charge is -2.38. The van der Waals surface area contributed by atoms with Gasteiger partial charge in [-0.2, -0.15) is 10.4 Å². The zero-order chi connectivity index (χ0) is 15.2. The molecule has 0 N–H and O–H groups in total. The van der Waals surface area contributed by atoms with Gasteiger partial charge in [-0.3, -0.25) is 4.99 Å². The van der Waals surface area contributed by atoms with E-state index >= 15 is 0 Å². The molecule has 0 aromatic rings. The SMILES string of the molecule is CC/C=N\N1CN=C(SC)C(C#N)=C1N1CCC(C)CC1. The molecule has 0 saturated carbocycles. The second-order valence-corrected chi connectivity index (χ2v) is 6.19. The van der Waals surface area contributed by atoms with Gasteiger partial charge in [0.05, 0.1) is 0 Å². The van der Waals surface area contributed by atoms with Gasteiger partial charge in [0.1, 0.15) is 29.2 Å². The van der Waals surface area contributed by atoms with E-state index in [0.29, 0.717) is 12.2 Å². The molecule has 0 atom stereocenters. The molecule has 2 heterocycles. The van der Waals surface area contributed by atoms with E-state index in [2.05, 4.69) is 34.9 Å². The number of hydrogen-bond acceptors (Lipinski definition) is 6. The molecular formula is C15H23N5S. The highest BCUT2D eigenvalue weighted by atomic mass is 32.2. The molecule has 2 aliphatic rings. The molecule has 0 bridgehead atoms. The third-order valence-electron chi connectivity index (χ3n) is 3.82. The minimum Gasteiger partial charge on any atom is -0.356 e. The first-order valence-corrected chi connectivity index (χ1v) is 8.71. The van der Waals surface area contributed by atoms with E-state index in [4.69, 9.17) is 0 Å². The van der Waals surface area contributed by atoms with Crippen LogP contribution in [0.5, 0.6) is 0 Å². The van der Waals surface area contributed by atoms with Gasteiger partial charge in [0.2, 0.25) is 0 Å². The summed E-state index contributed by atoms with van der Waals surface area (Å²) in [6.07, 6.45) is 7.05. The van der Waals surface area contributed by atoms with Crippen LogP contribution in [0.1, 0.15) is 33.1 Å². The first kappa shape index (κ1) is 15.9. The summed E-state index contributed by atoms with van der Waals surface area (Å²) >= 11 is 1.54. The summed E-state index contributed by atoms with van der Waals surface area (Å²) in [5.41, 5.74) is 0.663. The van der Waals surface area contributed by atoms with Gasteiger partial charge in [0.25, 0.3) is 0 Å². The number of nitriles is 1. The fourth-order valence-electron chi connectivity index (χ4n) is 2.58. The standard InChI is InChI=1S/C15H23N5S/c1-4-7-18-20-11-17-14(21-3)13(10-16)15(20)19-8-5-12(2)6-9-19/h7,12H,4-6,8-9,11H2,1-3H3/b18-7-. The van der Waals surface area contributed by atoms with Crippen molar-refractivity contribution >= 4 is 23.0 Å². The Morgan fingerprint density at radius 2 is 2.19 bits per heavy atom. The molecule has 0 spiro atoms. The number of nitrogens with zero attached hydrogens (tertiary/aromatic N) is 5. The fourth-order valence-corrected chi connectivity index (χ4v) is 3.11. The lowest BCUT2D eigenvalue weighted by Crippen LogP contribution is -2.41. The van der Waals surface area contributed by atoms with Crippen LogP contribution in [0.2, 0.25) is 0 Å². The average molecular weight is 305 g/mol. The van der Waals surface area contributed by atoms with E-state index in [0.717, 1.165) is 36.3 Å². The van der Waals surface area contributed by atoms with E-state index in [1.807, 2.05) is 17.5 Å². The Balaban J connectivity index is 2.34. The molecule has 0 aromatic heterocycles. The van der Waals surface area contributed by atoms with E-state index in [1.165, 1.54) is 24.6 Å². The zero-order valence-electron chi connectivity index (χ0n) is 13.0. The van der Waals surface area contributed by atoms with Crippen molar-refractivity contribution in [2.24, 2.45) is 16.0 Å². The number of hydrogen-bond donors (Lipinski definition) is 0. The zero-order valence-corrected chi connectivity index (χ0v) is 13.9. The van der Waals surface area contributed by atoms with Crippen LogP contribution < -0.4 is 0 Å². The van der Waals surface area contributed by atoms with Crippen molar-refractivity contribution in [2.45, 2.75) is 33.1 Å². The van der Waals surface area contributed by atoms with E-state index in [9.17, 15) is 5.26 Å². The first-order valence-electron chi connectivity index (χ1n) is 7.49. The molecule has 2 aliphatic heterocycles. The fraction of sp³-hybridized carbons (Fsp3) is 0.667. The predicted octanol–water partition coefficient (Wildman–Crippen LogP) is 2.88. The van der Waals surface area contributed by atoms with Crippen molar-refractivity contribution in [1.82, 2.24) is 9.91 Å². The van der Waals surface area contributed by atoms with Crippen molar-refractivity contribution in [3.63, 3.8) is 0 Å². The van der Waals surface area contributed by atoms with Crippen LogP contribution in [0.3, 0.4) is 0 Å². The van der Waals surface area contributed by atoms with Gasteiger partial charge in [-0.25, -0.2) is 5.01 Å². The molecule has 6 heteroatoms. The maximum atomic E-state index is 9.58. The number of aliphatic imine (C=N–C) groups is 1. The summed E-state index contributed by atoms with van der Waals surface area (Å²) < 4.78 is 0. The molecule has 5 nitrogen and oxygen atoms in total. The van der Waals surface area contributed by atoms with Crippen LogP contribution in [0, 0.1) is 17.2 Å². The van der Waals surface area contributed by atoms with Gasteiger partial charge in [-0.1, -0.05) is 13.8 Å². The smallest absolute Gasteiger partial charge is 0.148 e. The van der Waals surface area contributed by atoms with Crippen LogP contribution >= 0.6 is 11.8 Å². The van der Waals surface area contributed by atoms with Gasteiger partial charge in [0.15, 0.2) is 0 Å². The highest BCUT2D eigenvalue weighted by molar-refractivity contribution is 8.13. The molecule has 1 fully saturated rings. The lowest BCUT2D eigenvalue weighted by atomic mass is 9.99. The van der Waals surface area contributed by atoms with Gasteiger partial charge in [-0.05, 0) is 31.4 Å². The Labute approximate surface area is 131 Å². The Morgan fingerprint density at radius 1 is 1.48 bits per heavy atom. The van der Waals surface area contributed by atoms with Crippen molar-refractivity contribution in [1.29, 1.82) is 5.26 Å². The number of likely N-dealkylation sites (tertiary alicyclic amines) is 1. The van der Waals surface area contributed by atoms with Gasteiger partial charge in [0, 0.05) is 19.3 Å². The Bertz CT molecular complexity index is 495. The van der Waals surface area contributed by atoms with Crippen LogP contribution in [0.25, 0.3) is 0 Å². The molecule has 1 saturated heterocycles. The van der Waals surface area contributed by atoms with Crippen LogP contribution in [0.4, 0.5) is 0 Å². The van der Waals surface area contributed by atoms with Crippen LogP contribution in [0.15, 0.2) is 21.5 Å². The monoisotopic (exact) mass is 305 g/mol. The number of hydrazone groups is 1. The largest absolute Gasteiger partial charge is 0.356 e. The normalized spacial score (nSPS) is 21.0. The summed E-state index contributed by atoms with van der Waals surface area (Å²) in [5, 5.41) is 16.8. The maximum Gasteiger partial charge on any atom is 0.148 e. The third-order valence-corrected chi connectivity index (χ3v) is 4.54. The molecule has 0 radical (unpaired) electrons. The highest BCUT2D eigenvalue weighted by Gasteiger charge is 2.29. The molecule has 0 unspecified atom stereocenters. The van der Waals surface area contributed by atoms with Crippen molar-refractivity contribution in [3.05, 3.63) is 11.4 Å². The molecule has 2 rings (SSSR count). The van der Waals surface area contributed by atoms with E-state index in [-0.39, 0.29) is 0 Å². The number of thioether (sulfide) groups is 1. The molecule has 0 aliphatic carbocycles.